The van der Waals surface area contributed by atoms with Crippen molar-refractivity contribution in [1.82, 2.24) is 30.2 Å². The monoisotopic (exact) mass is 569 g/mol. The number of carbonyl (C=O) groups excluding carboxylic acids is 2. The Morgan fingerprint density at radius 2 is 2.00 bits per heavy atom. The first-order valence-corrected chi connectivity index (χ1v) is 14.0. The molecular weight excluding hydrogens is 532 g/mol. The molecule has 0 spiro atoms. The molecule has 1 aromatic carbocycles. The van der Waals surface area contributed by atoms with E-state index in [-0.39, 0.29) is 11.9 Å². The molecule has 11 heteroatoms. The van der Waals surface area contributed by atoms with Crippen molar-refractivity contribution in [2.24, 2.45) is 0 Å². The summed E-state index contributed by atoms with van der Waals surface area (Å²) in [5.41, 5.74) is 4.47. The smallest absolute Gasteiger partial charge is 0.274 e. The highest BCUT2D eigenvalue weighted by molar-refractivity contribution is 6.03. The molecule has 2 aliphatic heterocycles. The third-order valence-corrected chi connectivity index (χ3v) is 7.59. The number of anilines is 2. The summed E-state index contributed by atoms with van der Waals surface area (Å²) in [4.78, 5) is 46.2. The zero-order valence-corrected chi connectivity index (χ0v) is 23.1. The molecule has 2 fully saturated rings. The molecule has 2 amide bonds. The number of benzene rings is 1. The van der Waals surface area contributed by atoms with Crippen LogP contribution >= 0.6 is 0 Å². The number of H-pyrrole nitrogens is 1. The molecule has 2 aliphatic rings. The molecule has 0 unspecified atom stereocenters. The number of aromatic amines is 1. The van der Waals surface area contributed by atoms with Crippen LogP contribution in [-0.2, 0) is 16.1 Å². The molecule has 3 N–H and O–H groups in total. The maximum Gasteiger partial charge on any atom is 0.274 e. The summed E-state index contributed by atoms with van der Waals surface area (Å²) in [5, 5.41) is 6.63. The van der Waals surface area contributed by atoms with Crippen molar-refractivity contribution in [1.29, 1.82) is 0 Å². The van der Waals surface area contributed by atoms with Crippen LogP contribution in [0.4, 0.5) is 11.5 Å². The lowest BCUT2D eigenvalue weighted by Gasteiger charge is -2.33. The molecule has 0 bridgehead atoms. The van der Waals surface area contributed by atoms with Gasteiger partial charge in [0.1, 0.15) is 23.5 Å². The zero-order valence-electron chi connectivity index (χ0n) is 26.1. The molecule has 5 heterocycles. The average Bonchev–Trinajstić information content (AvgIpc) is 3.50. The van der Waals surface area contributed by atoms with E-state index in [2.05, 4.69) is 46.4 Å². The maximum absolute atomic E-state index is 13.1. The minimum Gasteiger partial charge on any atom is -0.378 e. The van der Waals surface area contributed by atoms with Crippen molar-refractivity contribution in [2.75, 3.05) is 49.6 Å². The van der Waals surface area contributed by atoms with Gasteiger partial charge in [0.25, 0.3) is 5.91 Å². The maximum atomic E-state index is 13.1. The van der Waals surface area contributed by atoms with E-state index in [0.717, 1.165) is 66.1 Å². The number of hydrogen-bond donors (Lipinski definition) is 3. The Kier molecular flexibility index (Phi) is 7.15. The van der Waals surface area contributed by atoms with Gasteiger partial charge < -0.3 is 25.3 Å². The Morgan fingerprint density at radius 1 is 1.14 bits per heavy atom. The zero-order chi connectivity index (χ0) is 31.3. The summed E-state index contributed by atoms with van der Waals surface area (Å²) < 4.78 is 27.4. The number of hydrogen-bond acceptors (Lipinski definition) is 8. The van der Waals surface area contributed by atoms with Crippen molar-refractivity contribution >= 4 is 34.4 Å². The van der Waals surface area contributed by atoms with E-state index >= 15 is 0 Å². The number of aromatic nitrogens is 4. The van der Waals surface area contributed by atoms with Gasteiger partial charge in [-0.1, -0.05) is 18.7 Å². The summed E-state index contributed by atoms with van der Waals surface area (Å²) in [6, 6.07) is 12.4. The van der Waals surface area contributed by atoms with E-state index in [1.807, 2.05) is 30.3 Å². The number of likely N-dealkylation sites (tertiary alicyclic amines) is 1. The van der Waals surface area contributed by atoms with E-state index in [0.29, 0.717) is 37.7 Å². The number of nitrogens with one attached hydrogen (secondary N) is 3. The Morgan fingerprint density at radius 3 is 2.83 bits per heavy atom. The molecule has 4 aromatic rings. The second-order valence-electron chi connectivity index (χ2n) is 10.5. The summed E-state index contributed by atoms with van der Waals surface area (Å²) in [6.45, 7) is 4.07. The number of fused-ring (bicyclic) bond motifs is 1. The number of amides is 2. The molecule has 0 radical (unpaired) electrons. The van der Waals surface area contributed by atoms with Crippen molar-refractivity contribution in [3.63, 3.8) is 0 Å². The number of pyridine rings is 1. The fraction of sp³-hybridized carbons (Fsp3) is 0.323. The van der Waals surface area contributed by atoms with Gasteiger partial charge in [0.15, 0.2) is 0 Å². The molecule has 2 saturated heterocycles. The summed E-state index contributed by atoms with van der Waals surface area (Å²) in [5.74, 6) is -0.132. The normalized spacial score (nSPS) is 18.5. The minimum absolute atomic E-state index is 0.178. The largest absolute Gasteiger partial charge is 0.378 e. The van der Waals surface area contributed by atoms with Gasteiger partial charge in [-0.25, -0.2) is 9.97 Å². The van der Waals surface area contributed by atoms with Crippen LogP contribution in [0.3, 0.4) is 0 Å². The van der Waals surface area contributed by atoms with Crippen molar-refractivity contribution in [3.8, 4) is 11.3 Å². The van der Waals surface area contributed by atoms with Gasteiger partial charge in [-0.3, -0.25) is 19.5 Å². The predicted octanol–water partition coefficient (Wildman–Crippen LogP) is 3.38. The average molecular weight is 570 g/mol. The number of morpholine rings is 1. The van der Waals surface area contributed by atoms with Crippen LogP contribution in [0.1, 0.15) is 33.0 Å². The van der Waals surface area contributed by atoms with Gasteiger partial charge >= 0.3 is 0 Å². The number of rotatable bonds is 8. The van der Waals surface area contributed by atoms with Crippen molar-refractivity contribution in [3.05, 3.63) is 78.8 Å². The van der Waals surface area contributed by atoms with Crippen LogP contribution in [0.25, 0.3) is 22.3 Å². The van der Waals surface area contributed by atoms with E-state index in [1.165, 1.54) is 0 Å². The van der Waals surface area contributed by atoms with Gasteiger partial charge in [0.2, 0.25) is 5.91 Å². The van der Waals surface area contributed by atoms with Crippen molar-refractivity contribution in [2.45, 2.75) is 25.4 Å². The standard InChI is InChI=1S/C31H34N8O3/c1-2-28(40)35-24-4-3-11-38(19-24)18-21-9-10-32-27(16-21)31(41)36-23-7-5-22(6-8-23)26-17-25-29(37-26)33-20-34-30(25)39-12-14-42-15-13-39/h2,5-10,16-17,20,24H,1,3-4,11-15,18-19H2,(H,35,40)(H,36,41)(H,33,34,37)/t24-/m1/s1/i1D2,2D. The van der Waals surface area contributed by atoms with E-state index in [4.69, 9.17) is 8.85 Å². The van der Waals surface area contributed by atoms with Gasteiger partial charge in [-0.15, -0.1) is 0 Å². The topological polar surface area (TPSA) is 128 Å². The number of ether oxygens (including phenoxy) is 1. The highest BCUT2D eigenvalue weighted by Gasteiger charge is 2.21. The van der Waals surface area contributed by atoms with Crippen LogP contribution in [0.2, 0.25) is 0 Å². The first-order valence-electron chi connectivity index (χ1n) is 15.5. The number of nitrogens with zero attached hydrogens (tertiary/aromatic N) is 5. The highest BCUT2D eigenvalue weighted by atomic mass is 16.5. The molecular formula is C31H34N8O3. The lowest BCUT2D eigenvalue weighted by Crippen LogP contribution is -2.46. The van der Waals surface area contributed by atoms with E-state index < -0.39 is 18.5 Å². The van der Waals surface area contributed by atoms with Crippen LogP contribution in [0.5, 0.6) is 0 Å². The molecule has 0 saturated carbocycles. The Bertz CT molecular complexity index is 1720. The van der Waals surface area contributed by atoms with E-state index in [9.17, 15) is 9.59 Å². The van der Waals surface area contributed by atoms with Crippen LogP contribution in [-0.4, -0.2) is 82.1 Å². The Balaban J connectivity index is 1.08. The summed E-state index contributed by atoms with van der Waals surface area (Å²) in [6.07, 6.45) is 4.79. The highest BCUT2D eigenvalue weighted by Crippen LogP contribution is 2.29. The first-order chi connectivity index (χ1) is 21.8. The third-order valence-electron chi connectivity index (χ3n) is 7.59. The van der Waals surface area contributed by atoms with Crippen LogP contribution in [0, 0.1) is 0 Å². The van der Waals surface area contributed by atoms with Gasteiger partial charge in [0.05, 0.1) is 22.7 Å². The first kappa shape index (κ1) is 24.0. The quantitative estimate of drug-likeness (QED) is 0.276. The minimum atomic E-state index is -0.804. The number of carbonyl (C=O) groups is 2. The second kappa shape index (κ2) is 12.5. The van der Waals surface area contributed by atoms with Gasteiger partial charge in [-0.2, -0.15) is 0 Å². The van der Waals surface area contributed by atoms with E-state index in [1.54, 1.807) is 18.6 Å². The molecule has 42 heavy (non-hydrogen) atoms. The van der Waals surface area contributed by atoms with Crippen LogP contribution in [0.15, 0.2) is 67.6 Å². The third kappa shape index (κ3) is 6.32. The molecule has 3 aromatic heterocycles. The lowest BCUT2D eigenvalue weighted by molar-refractivity contribution is -0.117. The van der Waals surface area contributed by atoms with Crippen LogP contribution < -0.4 is 15.5 Å². The molecule has 1 atom stereocenters. The molecule has 0 aliphatic carbocycles. The lowest BCUT2D eigenvalue weighted by atomic mass is 10.0. The fourth-order valence-electron chi connectivity index (χ4n) is 5.53. The molecule has 6 rings (SSSR count). The molecule has 216 valence electrons. The predicted molar refractivity (Wildman–Crippen MR) is 161 cm³/mol. The second-order valence-corrected chi connectivity index (χ2v) is 10.5. The summed E-state index contributed by atoms with van der Waals surface area (Å²) in [7, 11) is 0. The Labute approximate surface area is 248 Å². The Hall–Kier alpha value is -4.61. The summed E-state index contributed by atoms with van der Waals surface area (Å²) >= 11 is 0. The van der Waals surface area contributed by atoms with Crippen molar-refractivity contribution < 1.29 is 18.4 Å². The van der Waals surface area contributed by atoms with Gasteiger partial charge in [-0.05, 0) is 66.9 Å². The SMILES string of the molecule is [2H]C([2H])=C([2H])C(=O)N[C@@H]1CCCN(Cc2ccnc(C(=O)Nc3ccc(-c4cc5c(N6CCOCC6)ncnc5[nH]4)cc3)c2)C1. The molecule has 11 nitrogen and oxygen atoms in total. The van der Waals surface area contributed by atoms with Gasteiger partial charge in [0, 0.05) is 49.8 Å². The number of piperidine rings is 1. The fourth-order valence-corrected chi connectivity index (χ4v) is 5.53.